The Labute approximate surface area is 581 Å². The van der Waals surface area contributed by atoms with Crippen molar-refractivity contribution < 1.29 is 81.3 Å². The molecule has 540 valence electrons. The van der Waals surface area contributed by atoms with Crippen LogP contribution in [0.4, 0.5) is 4.39 Å². The van der Waals surface area contributed by atoms with E-state index in [2.05, 4.69) is 58.2 Å². The van der Waals surface area contributed by atoms with Crippen molar-refractivity contribution in [1.82, 2.24) is 68.0 Å². The van der Waals surface area contributed by atoms with Crippen LogP contribution < -0.4 is 68.4 Å². The molecule has 5 aromatic rings. The number of halogens is 1. The first-order valence-corrected chi connectivity index (χ1v) is 33.2. The number of methoxy groups -OCH3 is 1. The first-order chi connectivity index (χ1) is 48.0. The number of hydrogen-bond acceptors (Lipinski definition) is 16. The second-order valence-corrected chi connectivity index (χ2v) is 25.7. The summed E-state index contributed by atoms with van der Waals surface area (Å²) in [5.74, 6) is -11.1. The summed E-state index contributed by atoms with van der Waals surface area (Å²) in [6.07, 6.45) is -2.22. The minimum Gasteiger partial charge on any atom is -0.497 e. The quantitative estimate of drug-likeness (QED) is 0.0821. The number of rotatable bonds is 8. The number of H-pyrrole nitrogens is 1. The number of amides is 13. The molecule has 11 atom stereocenters. The number of carbonyl (C=O) groups is 13. The maximum absolute atomic E-state index is 15.4. The molecule has 1 fully saturated rings. The SMILES string of the molecule is COc1ccc(C[C@@H]2NC(=O)[C@H]([C@@H](C)O)NC(=O)[C@@H]3CCC(=O)NCc4cccc(c4)C[C@H](NC(=O)[C@@H](C)NC(=O)[C@H](C)NC(=O)[C@@H](NC(C)=O)CC(=O)NCCOc4ccc(cc4)C[C@@H](C(N)=O)NC(=O)[C@]4(C)CCCN4C2=O)C(=O)N[C@@H](Cc2c[nH]c4ccc(F)cc24)C(=O)N3C)cc1. The molecule has 14 N–H and O–H groups in total. The molecule has 0 saturated carbocycles. The number of aliphatic hydroxyl groups is 1. The predicted octanol–water partition coefficient (Wildman–Crippen LogP) is -1.09. The highest BCUT2D eigenvalue weighted by molar-refractivity contribution is 6.01. The van der Waals surface area contributed by atoms with Crippen LogP contribution in [0.5, 0.6) is 11.5 Å². The fourth-order valence-electron chi connectivity index (χ4n) is 12.3. The summed E-state index contributed by atoms with van der Waals surface area (Å²) >= 11 is 0. The van der Waals surface area contributed by atoms with Gasteiger partial charge in [0, 0.05) is 76.3 Å². The van der Waals surface area contributed by atoms with Crippen LogP contribution in [0.15, 0.2) is 97.2 Å². The topological polar surface area (TPSA) is 429 Å². The zero-order valence-corrected chi connectivity index (χ0v) is 57.1. The molecule has 1 saturated heterocycles. The minimum atomic E-state index is -1.89. The number of primary amides is 1. The maximum Gasteiger partial charge on any atom is 0.246 e. The summed E-state index contributed by atoms with van der Waals surface area (Å²) < 4.78 is 26.2. The van der Waals surface area contributed by atoms with Crippen LogP contribution in [-0.4, -0.2) is 197 Å². The standard InChI is InChI=1S/C70H87FN14O16/c1-37-61(91)76-38(2)62(92)79-52-31-43-10-8-11-44(28-43)35-75-57(88)23-22-56(84(6)67(97)55(80-64(52)94)32-45-36-74-50-21-16-46(71)33-49(45)50)65(95)83-59(39(3)86)66(96)81-54(30-42-12-17-47(100-7)18-13-42)68(98)85-26-9-24-70(85,5)69(99)82-51(60(72)90)29-41-14-19-48(20-15-41)101-27-25-73-58(89)34-53(63(93)77-37)78-40(4)87/h8,10-21,28,33,36-39,51-56,59,74,86H,9,22-27,29-32,34-35H2,1-7H3,(H2,72,90)(H,73,89)(H,75,88)(H,76,91)(H,77,93)(H,78,87)(H,79,92)(H,80,94)(H,81,96)(H,82,99)(H,83,95)/t37-,38+,39+,51-,52-,53-,54-,55-,56-,59-,70-/m0/s1. The fourth-order valence-corrected chi connectivity index (χ4v) is 12.3. The molecule has 4 aliphatic heterocycles. The van der Waals surface area contributed by atoms with Crippen LogP contribution in [-0.2, 0) is 94.6 Å². The highest BCUT2D eigenvalue weighted by atomic mass is 19.1. The monoisotopic (exact) mass is 1400 g/mol. The number of nitrogens with zero attached hydrogens (tertiary/aromatic N) is 2. The van der Waals surface area contributed by atoms with Crippen LogP contribution in [0.3, 0.4) is 0 Å². The molecule has 0 spiro atoms. The predicted molar refractivity (Wildman–Crippen MR) is 362 cm³/mol. The number of carbonyl (C=O) groups excluding carboxylic acids is 13. The van der Waals surface area contributed by atoms with Crippen molar-refractivity contribution in [3.05, 3.63) is 131 Å². The van der Waals surface area contributed by atoms with Gasteiger partial charge < -0.3 is 88.3 Å². The van der Waals surface area contributed by atoms with Gasteiger partial charge in [0.1, 0.15) is 83.8 Å². The number of aromatic amines is 1. The maximum atomic E-state index is 15.4. The lowest BCUT2D eigenvalue weighted by Gasteiger charge is -2.37. The molecule has 4 aromatic carbocycles. The lowest BCUT2D eigenvalue weighted by Crippen LogP contribution is -2.64. The molecule has 6 bridgehead atoms. The molecule has 0 radical (unpaired) electrons. The molecule has 0 aliphatic carbocycles. The lowest BCUT2D eigenvalue weighted by molar-refractivity contribution is -0.147. The molecule has 30 nitrogen and oxygen atoms in total. The van der Waals surface area contributed by atoms with Crippen molar-refractivity contribution in [1.29, 1.82) is 0 Å². The average molecular weight is 1400 g/mol. The van der Waals surface area contributed by atoms with Gasteiger partial charge in [-0.3, -0.25) is 62.3 Å². The molecule has 101 heavy (non-hydrogen) atoms. The Morgan fingerprint density at radius 1 is 0.733 bits per heavy atom. The van der Waals surface area contributed by atoms with E-state index in [0.717, 1.165) is 11.8 Å². The Balaban J connectivity index is 1.16. The van der Waals surface area contributed by atoms with Gasteiger partial charge in [0.15, 0.2) is 0 Å². The van der Waals surface area contributed by atoms with Crippen molar-refractivity contribution in [2.75, 3.05) is 33.9 Å². The van der Waals surface area contributed by atoms with Gasteiger partial charge in [-0.1, -0.05) is 48.5 Å². The molecule has 4 aliphatic rings. The summed E-state index contributed by atoms with van der Waals surface area (Å²) in [5, 5.41) is 37.9. The fraction of sp³-hybridized carbons (Fsp3) is 0.443. The Hall–Kier alpha value is -11.0. The summed E-state index contributed by atoms with van der Waals surface area (Å²) in [6.45, 7) is 6.17. The van der Waals surface area contributed by atoms with E-state index in [1.807, 2.05) is 0 Å². The molecular weight excluding hydrogens is 1310 g/mol. The second kappa shape index (κ2) is 34.2. The third-order valence-electron chi connectivity index (χ3n) is 18.0. The van der Waals surface area contributed by atoms with Crippen LogP contribution in [0, 0.1) is 5.82 Å². The molecule has 13 amide bonds. The van der Waals surface area contributed by atoms with Crippen LogP contribution in [0.25, 0.3) is 10.9 Å². The van der Waals surface area contributed by atoms with E-state index >= 15 is 19.2 Å². The van der Waals surface area contributed by atoms with Crippen molar-refractivity contribution in [2.45, 2.75) is 165 Å². The van der Waals surface area contributed by atoms with Crippen LogP contribution in [0.1, 0.15) is 94.5 Å². The second-order valence-electron chi connectivity index (χ2n) is 25.7. The summed E-state index contributed by atoms with van der Waals surface area (Å²) in [5.41, 5.74) is 7.04. The first kappa shape index (κ1) is 75.8. The Kier molecular flexibility index (Phi) is 25.7. The van der Waals surface area contributed by atoms with Crippen LogP contribution in [0.2, 0.25) is 0 Å². The Morgan fingerprint density at radius 2 is 1.41 bits per heavy atom. The number of nitrogens with one attached hydrogen (secondary N) is 11. The minimum absolute atomic E-state index is 0.00353. The zero-order valence-electron chi connectivity index (χ0n) is 57.1. The Morgan fingerprint density at radius 3 is 2.09 bits per heavy atom. The normalized spacial score (nSPS) is 25.3. The number of nitrogens with two attached hydrogens (primary N) is 1. The summed E-state index contributed by atoms with van der Waals surface area (Å²) in [4.78, 5) is 190. The summed E-state index contributed by atoms with van der Waals surface area (Å²) in [6, 6.07) is 9.50. The number of ether oxygens (including phenoxy) is 2. The molecule has 5 heterocycles. The lowest BCUT2D eigenvalue weighted by atomic mass is 9.94. The Bertz CT molecular complexity index is 3930. The highest BCUT2D eigenvalue weighted by Crippen LogP contribution is 2.32. The number of hydrogen-bond donors (Lipinski definition) is 13. The highest BCUT2D eigenvalue weighted by Gasteiger charge is 2.49. The van der Waals surface area contributed by atoms with Gasteiger partial charge in [0.05, 0.1) is 26.2 Å². The van der Waals surface area contributed by atoms with E-state index in [0.29, 0.717) is 56.6 Å². The molecule has 9 rings (SSSR count). The molecule has 1 aromatic heterocycles. The third-order valence-corrected chi connectivity index (χ3v) is 18.0. The van der Waals surface area contributed by atoms with E-state index in [-0.39, 0.29) is 58.3 Å². The molecule has 31 heteroatoms. The number of likely N-dealkylation sites (N-methyl/N-ethyl adjacent to an activating group) is 1. The number of aliphatic hydroxyl groups excluding tert-OH is 1. The van der Waals surface area contributed by atoms with Gasteiger partial charge >= 0.3 is 0 Å². The smallest absolute Gasteiger partial charge is 0.246 e. The number of fused-ring (bicyclic) bond motifs is 28. The molecular formula is C70H87FN14O16. The molecule has 0 unspecified atom stereocenters. The van der Waals surface area contributed by atoms with Crippen molar-refractivity contribution in [3.63, 3.8) is 0 Å². The van der Waals surface area contributed by atoms with E-state index < -0.39 is 168 Å². The van der Waals surface area contributed by atoms with Gasteiger partial charge in [0.25, 0.3) is 0 Å². The first-order valence-electron chi connectivity index (χ1n) is 33.2. The van der Waals surface area contributed by atoms with Crippen molar-refractivity contribution in [3.8, 4) is 11.5 Å². The van der Waals surface area contributed by atoms with E-state index in [9.17, 15) is 52.6 Å². The van der Waals surface area contributed by atoms with Gasteiger partial charge in [-0.05, 0) is 117 Å². The summed E-state index contributed by atoms with van der Waals surface area (Å²) in [7, 11) is 2.66. The van der Waals surface area contributed by atoms with Gasteiger partial charge in [-0.2, -0.15) is 0 Å². The number of aromatic nitrogens is 1. The van der Waals surface area contributed by atoms with Crippen molar-refractivity contribution in [2.24, 2.45) is 5.73 Å². The van der Waals surface area contributed by atoms with Crippen molar-refractivity contribution >= 4 is 87.7 Å². The van der Waals surface area contributed by atoms with Gasteiger partial charge in [0.2, 0.25) is 76.8 Å². The van der Waals surface area contributed by atoms with Crippen LogP contribution >= 0.6 is 0 Å². The largest absolute Gasteiger partial charge is 0.497 e. The third kappa shape index (κ3) is 20.1. The number of benzene rings is 4. The van der Waals surface area contributed by atoms with E-state index in [1.165, 1.54) is 71.1 Å². The zero-order chi connectivity index (χ0) is 73.4. The average Bonchev–Trinajstić information content (AvgIpc) is 1.70. The van der Waals surface area contributed by atoms with Gasteiger partial charge in [-0.25, -0.2) is 4.39 Å². The van der Waals surface area contributed by atoms with E-state index in [4.69, 9.17) is 15.2 Å². The van der Waals surface area contributed by atoms with Gasteiger partial charge in [-0.15, -0.1) is 0 Å². The van der Waals surface area contributed by atoms with E-state index in [1.54, 1.807) is 72.8 Å².